The molecule has 0 unspecified atom stereocenters. The Hall–Kier alpha value is -1.65. The lowest BCUT2D eigenvalue weighted by atomic mass is 9.96. The van der Waals surface area contributed by atoms with E-state index in [1.54, 1.807) is 16.0 Å². The molecule has 0 fully saturated rings. The molecule has 1 aliphatic rings. The topological polar surface area (TPSA) is 70.7 Å². The van der Waals surface area contributed by atoms with Crippen molar-refractivity contribution in [3.63, 3.8) is 0 Å². The monoisotopic (exact) mass is 392 g/mol. The summed E-state index contributed by atoms with van der Waals surface area (Å²) in [6.45, 7) is 3.96. The van der Waals surface area contributed by atoms with Crippen molar-refractivity contribution in [1.82, 2.24) is 9.78 Å². The first kappa shape index (κ1) is 16.2. The molecule has 1 N–H and O–H groups in total. The third-order valence-electron chi connectivity index (χ3n) is 4.12. The highest BCUT2D eigenvalue weighted by molar-refractivity contribution is 9.10. The number of fused-ring (bicyclic) bond motifs is 1. The minimum atomic E-state index is -0.154. The SMILES string of the molecule is Cc1nn(CC(=O)Nc2sc3c(c2C#N)CCCC3)c(C)c1Br. The van der Waals surface area contributed by atoms with E-state index in [0.717, 1.165) is 47.1 Å². The zero-order chi connectivity index (χ0) is 16.6. The van der Waals surface area contributed by atoms with Gasteiger partial charge >= 0.3 is 0 Å². The number of carbonyl (C=O) groups excluding carboxylic acids is 1. The lowest BCUT2D eigenvalue weighted by Crippen LogP contribution is -2.20. The van der Waals surface area contributed by atoms with Crippen LogP contribution in [-0.2, 0) is 24.2 Å². The number of nitrogens with one attached hydrogen (secondary N) is 1. The number of amides is 1. The number of anilines is 1. The first-order valence-corrected chi connectivity index (χ1v) is 9.16. The fourth-order valence-electron chi connectivity index (χ4n) is 2.90. The first-order valence-electron chi connectivity index (χ1n) is 7.55. The summed E-state index contributed by atoms with van der Waals surface area (Å²) in [4.78, 5) is 13.6. The van der Waals surface area contributed by atoms with Gasteiger partial charge in [0.15, 0.2) is 0 Å². The Morgan fingerprint density at radius 1 is 1.43 bits per heavy atom. The molecule has 120 valence electrons. The van der Waals surface area contributed by atoms with E-state index < -0.39 is 0 Å². The van der Waals surface area contributed by atoms with Gasteiger partial charge in [-0.2, -0.15) is 10.4 Å². The van der Waals surface area contributed by atoms with E-state index in [9.17, 15) is 10.1 Å². The van der Waals surface area contributed by atoms with Crippen molar-refractivity contribution in [2.45, 2.75) is 46.1 Å². The van der Waals surface area contributed by atoms with Crippen LogP contribution >= 0.6 is 27.3 Å². The lowest BCUT2D eigenvalue weighted by Gasteiger charge is -2.09. The average molecular weight is 393 g/mol. The van der Waals surface area contributed by atoms with Crippen LogP contribution in [0.3, 0.4) is 0 Å². The van der Waals surface area contributed by atoms with Crippen LogP contribution in [0.1, 0.15) is 40.2 Å². The largest absolute Gasteiger partial charge is 0.315 e. The van der Waals surface area contributed by atoms with Crippen LogP contribution < -0.4 is 5.32 Å². The Kier molecular flexibility index (Phi) is 4.55. The molecule has 2 heterocycles. The minimum Gasteiger partial charge on any atom is -0.315 e. The highest BCUT2D eigenvalue weighted by Crippen LogP contribution is 2.37. The highest BCUT2D eigenvalue weighted by atomic mass is 79.9. The van der Waals surface area contributed by atoms with E-state index >= 15 is 0 Å². The molecule has 7 heteroatoms. The van der Waals surface area contributed by atoms with Crippen LogP contribution in [-0.4, -0.2) is 15.7 Å². The normalized spacial score (nSPS) is 13.5. The molecule has 1 aliphatic carbocycles. The minimum absolute atomic E-state index is 0.145. The van der Waals surface area contributed by atoms with E-state index in [2.05, 4.69) is 32.4 Å². The molecule has 0 aromatic carbocycles. The summed E-state index contributed by atoms with van der Waals surface area (Å²) < 4.78 is 2.60. The second-order valence-corrected chi connectivity index (χ2v) is 7.62. The molecule has 23 heavy (non-hydrogen) atoms. The van der Waals surface area contributed by atoms with Crippen LogP contribution in [0.25, 0.3) is 0 Å². The Balaban J connectivity index is 1.79. The zero-order valence-corrected chi connectivity index (χ0v) is 15.5. The number of hydrogen-bond donors (Lipinski definition) is 1. The number of rotatable bonds is 3. The third kappa shape index (κ3) is 3.06. The number of nitriles is 1. The molecular weight excluding hydrogens is 376 g/mol. The summed E-state index contributed by atoms with van der Waals surface area (Å²) in [5.41, 5.74) is 3.56. The van der Waals surface area contributed by atoms with Gasteiger partial charge in [-0.05, 0) is 61.0 Å². The standard InChI is InChI=1S/C16H17BrN4OS/c1-9-15(17)10(2)21(20-9)8-14(22)19-16-12(7-18)11-5-3-4-6-13(11)23-16/h3-6,8H2,1-2H3,(H,19,22). The molecule has 5 nitrogen and oxygen atoms in total. The van der Waals surface area contributed by atoms with E-state index in [1.165, 1.54) is 4.88 Å². The maximum Gasteiger partial charge on any atom is 0.246 e. The molecule has 0 saturated heterocycles. The van der Waals surface area contributed by atoms with Crippen molar-refractivity contribution >= 4 is 38.2 Å². The van der Waals surface area contributed by atoms with Crippen molar-refractivity contribution < 1.29 is 4.79 Å². The number of aromatic nitrogens is 2. The number of thiophene rings is 1. The number of nitrogens with zero attached hydrogens (tertiary/aromatic N) is 3. The zero-order valence-electron chi connectivity index (χ0n) is 13.1. The van der Waals surface area contributed by atoms with Gasteiger partial charge < -0.3 is 5.32 Å². The molecule has 3 rings (SSSR count). The Bertz CT molecular complexity index is 815. The predicted octanol–water partition coefficient (Wildman–Crippen LogP) is 3.71. The second-order valence-electron chi connectivity index (χ2n) is 5.72. The summed E-state index contributed by atoms with van der Waals surface area (Å²) in [5, 5.41) is 17.4. The van der Waals surface area contributed by atoms with Gasteiger partial charge in [0, 0.05) is 4.88 Å². The van der Waals surface area contributed by atoms with E-state index in [4.69, 9.17) is 0 Å². The predicted molar refractivity (Wildman–Crippen MR) is 93.7 cm³/mol. The van der Waals surface area contributed by atoms with Crippen molar-refractivity contribution in [2.24, 2.45) is 0 Å². The molecule has 0 radical (unpaired) electrons. The fraction of sp³-hybridized carbons (Fsp3) is 0.438. The lowest BCUT2D eigenvalue weighted by molar-refractivity contribution is -0.116. The van der Waals surface area contributed by atoms with E-state index in [1.807, 2.05) is 13.8 Å². The number of aryl methyl sites for hydroxylation is 2. The molecule has 1 amide bonds. The summed E-state index contributed by atoms with van der Waals surface area (Å²) >= 11 is 5.01. The highest BCUT2D eigenvalue weighted by Gasteiger charge is 2.22. The number of carbonyl (C=O) groups is 1. The van der Waals surface area contributed by atoms with Gasteiger partial charge in [-0.1, -0.05) is 0 Å². The van der Waals surface area contributed by atoms with Crippen molar-refractivity contribution in [2.75, 3.05) is 5.32 Å². The summed E-state index contributed by atoms with van der Waals surface area (Å²) in [6.07, 6.45) is 4.22. The molecule has 0 spiro atoms. The number of hydrogen-bond acceptors (Lipinski definition) is 4. The Labute approximate surface area is 147 Å². The molecule has 2 aromatic rings. The van der Waals surface area contributed by atoms with Gasteiger partial charge in [-0.3, -0.25) is 9.48 Å². The molecule has 0 bridgehead atoms. The van der Waals surface area contributed by atoms with E-state index in [0.29, 0.717) is 10.6 Å². The van der Waals surface area contributed by atoms with Crippen molar-refractivity contribution in [3.05, 3.63) is 31.9 Å². The summed E-state index contributed by atoms with van der Waals surface area (Å²) in [5.74, 6) is -0.154. The molecule has 0 aliphatic heterocycles. The van der Waals surface area contributed by atoms with Crippen LogP contribution in [0.15, 0.2) is 4.47 Å². The summed E-state index contributed by atoms with van der Waals surface area (Å²) in [6, 6.07) is 2.26. The molecule has 2 aromatic heterocycles. The van der Waals surface area contributed by atoms with Gasteiger partial charge in [0.2, 0.25) is 5.91 Å². The maximum atomic E-state index is 12.3. The quantitative estimate of drug-likeness (QED) is 0.864. The van der Waals surface area contributed by atoms with Crippen LogP contribution in [0.2, 0.25) is 0 Å². The summed E-state index contributed by atoms with van der Waals surface area (Å²) in [7, 11) is 0. The van der Waals surface area contributed by atoms with Crippen LogP contribution in [0.4, 0.5) is 5.00 Å². The van der Waals surface area contributed by atoms with Crippen LogP contribution in [0.5, 0.6) is 0 Å². The van der Waals surface area contributed by atoms with Gasteiger partial charge in [0.1, 0.15) is 17.6 Å². The third-order valence-corrected chi connectivity index (χ3v) is 6.48. The fourth-order valence-corrected chi connectivity index (χ4v) is 4.44. The van der Waals surface area contributed by atoms with Crippen molar-refractivity contribution in [3.8, 4) is 6.07 Å². The van der Waals surface area contributed by atoms with Crippen LogP contribution in [0, 0.1) is 25.2 Å². The Morgan fingerprint density at radius 2 is 2.17 bits per heavy atom. The van der Waals surface area contributed by atoms with Gasteiger partial charge in [0.05, 0.1) is 21.4 Å². The molecule has 0 saturated carbocycles. The Morgan fingerprint density at radius 3 is 2.83 bits per heavy atom. The van der Waals surface area contributed by atoms with Gasteiger partial charge in [-0.25, -0.2) is 0 Å². The van der Waals surface area contributed by atoms with E-state index in [-0.39, 0.29) is 12.5 Å². The molecular formula is C16H17BrN4OS. The molecule has 0 atom stereocenters. The maximum absolute atomic E-state index is 12.3. The first-order chi connectivity index (χ1) is 11.0. The van der Waals surface area contributed by atoms with Gasteiger partial charge in [0.25, 0.3) is 0 Å². The number of halogens is 1. The average Bonchev–Trinajstić information content (AvgIpc) is 2.99. The second kappa shape index (κ2) is 6.46. The van der Waals surface area contributed by atoms with Crippen molar-refractivity contribution in [1.29, 1.82) is 5.26 Å². The smallest absolute Gasteiger partial charge is 0.246 e. The van der Waals surface area contributed by atoms with Gasteiger partial charge in [-0.15, -0.1) is 11.3 Å².